The maximum absolute atomic E-state index is 13.2. The van der Waals surface area contributed by atoms with Gasteiger partial charge in [0.15, 0.2) is 11.5 Å². The molecule has 1 atom stereocenters. The van der Waals surface area contributed by atoms with Crippen LogP contribution in [0.15, 0.2) is 29.1 Å². The third kappa shape index (κ3) is 4.85. The van der Waals surface area contributed by atoms with Gasteiger partial charge in [-0.1, -0.05) is 6.07 Å². The highest BCUT2D eigenvalue weighted by molar-refractivity contribution is 5.83. The highest BCUT2D eigenvalue weighted by atomic mass is 16.5. The Hall–Kier alpha value is -2.81. The first-order valence-corrected chi connectivity index (χ1v) is 11.8. The van der Waals surface area contributed by atoms with Crippen LogP contribution in [0.1, 0.15) is 23.6 Å². The van der Waals surface area contributed by atoms with Crippen LogP contribution in [0.4, 0.5) is 5.69 Å². The first-order chi connectivity index (χ1) is 16.6. The van der Waals surface area contributed by atoms with Crippen LogP contribution < -0.4 is 30.3 Å². The Balaban J connectivity index is 1.76. The molecule has 4 rings (SSSR count). The lowest BCUT2D eigenvalue weighted by Gasteiger charge is -2.26. The summed E-state index contributed by atoms with van der Waals surface area (Å²) >= 11 is 0. The SMILES string of the molecule is CN[C@@H]1CCc2cc(OC)c(OC)c(OC)c2-c2ccc(NCCN3CCOCC3)c(=O)cc21. The molecule has 0 spiro atoms. The van der Waals surface area contributed by atoms with Crippen molar-refractivity contribution in [3.05, 3.63) is 45.6 Å². The standard InChI is InChI=1S/C26H35N3O5/c1-27-20-7-5-17-15-23(31-2)25(32-3)26(33-4)24(17)18-6-8-21(22(30)16-19(18)20)28-9-10-29-11-13-34-14-12-29/h6,8,15-16,20,27H,5,7,9-14H2,1-4H3,(H,28,30)/t20-/m1/s1. The lowest BCUT2D eigenvalue weighted by Crippen LogP contribution is -2.39. The Bertz CT molecular complexity index is 1070. The summed E-state index contributed by atoms with van der Waals surface area (Å²) in [5.41, 5.74) is 4.54. The first-order valence-electron chi connectivity index (χ1n) is 11.8. The topological polar surface area (TPSA) is 81.3 Å². The molecule has 0 amide bonds. The first kappa shape index (κ1) is 24.3. The molecule has 184 valence electrons. The van der Waals surface area contributed by atoms with E-state index in [1.807, 2.05) is 25.2 Å². The summed E-state index contributed by atoms with van der Waals surface area (Å²) in [5.74, 6) is 1.81. The van der Waals surface area contributed by atoms with Crippen LogP contribution in [0.5, 0.6) is 17.2 Å². The zero-order valence-electron chi connectivity index (χ0n) is 20.5. The minimum atomic E-state index is -0.0219. The van der Waals surface area contributed by atoms with E-state index in [0.717, 1.165) is 67.9 Å². The molecule has 0 radical (unpaired) electrons. The van der Waals surface area contributed by atoms with Crippen LogP contribution in [0.25, 0.3) is 11.1 Å². The molecule has 0 saturated carbocycles. The minimum Gasteiger partial charge on any atom is -0.493 e. The van der Waals surface area contributed by atoms with E-state index < -0.39 is 0 Å². The molecular weight excluding hydrogens is 434 g/mol. The molecule has 2 N–H and O–H groups in total. The van der Waals surface area contributed by atoms with Crippen LogP contribution in [-0.4, -0.2) is 72.7 Å². The van der Waals surface area contributed by atoms with Gasteiger partial charge in [0.2, 0.25) is 11.2 Å². The quantitative estimate of drug-likeness (QED) is 0.611. The van der Waals surface area contributed by atoms with Crippen LogP contribution in [0.2, 0.25) is 0 Å². The monoisotopic (exact) mass is 469 g/mol. The molecule has 1 aliphatic carbocycles. The maximum atomic E-state index is 13.2. The molecule has 1 aliphatic heterocycles. The van der Waals surface area contributed by atoms with Gasteiger partial charge in [0.1, 0.15) is 0 Å². The lowest BCUT2D eigenvalue weighted by atomic mass is 9.95. The summed E-state index contributed by atoms with van der Waals surface area (Å²) in [6.45, 7) is 4.95. The Morgan fingerprint density at radius 3 is 2.50 bits per heavy atom. The van der Waals surface area contributed by atoms with E-state index in [2.05, 4.69) is 15.5 Å². The highest BCUT2D eigenvalue weighted by Crippen LogP contribution is 2.50. The van der Waals surface area contributed by atoms with Crippen LogP contribution >= 0.6 is 0 Å². The van der Waals surface area contributed by atoms with Crippen molar-refractivity contribution in [2.45, 2.75) is 18.9 Å². The number of nitrogens with zero attached hydrogens (tertiary/aromatic N) is 1. The molecule has 0 aromatic heterocycles. The normalized spacial score (nSPS) is 17.8. The molecule has 2 aromatic carbocycles. The molecule has 34 heavy (non-hydrogen) atoms. The molecular formula is C26H35N3O5. The second-order valence-electron chi connectivity index (χ2n) is 8.56. The van der Waals surface area contributed by atoms with Gasteiger partial charge in [-0.2, -0.15) is 0 Å². The third-order valence-electron chi connectivity index (χ3n) is 6.73. The fraction of sp³-hybridized carbons (Fsp3) is 0.500. The summed E-state index contributed by atoms with van der Waals surface area (Å²) in [7, 11) is 6.81. The second-order valence-corrected chi connectivity index (χ2v) is 8.56. The van der Waals surface area contributed by atoms with Gasteiger partial charge in [0, 0.05) is 37.8 Å². The number of nitrogens with one attached hydrogen (secondary N) is 2. The summed E-state index contributed by atoms with van der Waals surface area (Å²) in [4.78, 5) is 15.6. The number of hydrogen-bond acceptors (Lipinski definition) is 8. The average molecular weight is 470 g/mol. The van der Waals surface area contributed by atoms with E-state index >= 15 is 0 Å². The van der Waals surface area contributed by atoms with Gasteiger partial charge in [-0.15, -0.1) is 0 Å². The Morgan fingerprint density at radius 2 is 1.82 bits per heavy atom. The Labute approximate surface area is 201 Å². The largest absolute Gasteiger partial charge is 0.493 e. The average Bonchev–Trinajstić information content (AvgIpc) is 3.11. The number of benzene rings is 1. The number of methoxy groups -OCH3 is 3. The summed E-state index contributed by atoms with van der Waals surface area (Å²) in [6.07, 6.45) is 1.66. The molecule has 2 aromatic rings. The number of ether oxygens (including phenoxy) is 4. The van der Waals surface area contributed by atoms with E-state index in [-0.39, 0.29) is 11.5 Å². The number of morpholine rings is 1. The highest BCUT2D eigenvalue weighted by Gasteiger charge is 2.28. The molecule has 2 aliphatic rings. The van der Waals surface area contributed by atoms with Gasteiger partial charge in [-0.25, -0.2) is 0 Å². The molecule has 8 nitrogen and oxygen atoms in total. The minimum absolute atomic E-state index is 0.0219. The third-order valence-corrected chi connectivity index (χ3v) is 6.73. The molecule has 0 unspecified atom stereocenters. The van der Waals surface area contributed by atoms with Gasteiger partial charge in [0.05, 0.1) is 40.2 Å². The Morgan fingerprint density at radius 1 is 1.06 bits per heavy atom. The second kappa shape index (κ2) is 11.1. The predicted molar refractivity (Wildman–Crippen MR) is 134 cm³/mol. The van der Waals surface area contributed by atoms with E-state index in [9.17, 15) is 4.79 Å². The number of aryl methyl sites for hydroxylation is 1. The number of anilines is 1. The van der Waals surface area contributed by atoms with Crippen LogP contribution in [0, 0.1) is 0 Å². The van der Waals surface area contributed by atoms with Crippen LogP contribution in [0.3, 0.4) is 0 Å². The maximum Gasteiger partial charge on any atom is 0.203 e. The predicted octanol–water partition coefficient (Wildman–Crippen LogP) is 2.69. The van der Waals surface area contributed by atoms with Gasteiger partial charge in [-0.3, -0.25) is 9.69 Å². The fourth-order valence-corrected chi connectivity index (χ4v) is 4.93. The van der Waals surface area contributed by atoms with Crippen molar-refractivity contribution in [2.24, 2.45) is 0 Å². The van der Waals surface area contributed by atoms with Crippen molar-refractivity contribution in [2.75, 3.05) is 73.1 Å². The lowest BCUT2D eigenvalue weighted by molar-refractivity contribution is 0.0398. The van der Waals surface area contributed by atoms with Crippen molar-refractivity contribution >= 4 is 5.69 Å². The number of fused-ring (bicyclic) bond motifs is 3. The number of hydrogen-bond donors (Lipinski definition) is 2. The molecule has 1 fully saturated rings. The van der Waals surface area contributed by atoms with Gasteiger partial charge < -0.3 is 29.6 Å². The smallest absolute Gasteiger partial charge is 0.203 e. The van der Waals surface area contributed by atoms with E-state index in [4.69, 9.17) is 18.9 Å². The van der Waals surface area contributed by atoms with Crippen LogP contribution in [-0.2, 0) is 11.2 Å². The zero-order valence-corrected chi connectivity index (χ0v) is 20.5. The fourth-order valence-electron chi connectivity index (χ4n) is 4.93. The van der Waals surface area contributed by atoms with Crippen molar-refractivity contribution < 1.29 is 18.9 Å². The van der Waals surface area contributed by atoms with Crippen molar-refractivity contribution in [3.63, 3.8) is 0 Å². The molecule has 0 bridgehead atoms. The van der Waals surface area contributed by atoms with Gasteiger partial charge in [-0.05, 0) is 54.8 Å². The van der Waals surface area contributed by atoms with E-state index in [1.54, 1.807) is 27.4 Å². The summed E-state index contributed by atoms with van der Waals surface area (Å²) in [5, 5.41) is 6.75. The molecule has 1 saturated heterocycles. The number of rotatable bonds is 8. The summed E-state index contributed by atoms with van der Waals surface area (Å²) < 4.78 is 22.5. The molecule has 8 heteroatoms. The van der Waals surface area contributed by atoms with E-state index in [0.29, 0.717) is 29.5 Å². The van der Waals surface area contributed by atoms with Crippen molar-refractivity contribution in [1.82, 2.24) is 10.2 Å². The molecule has 1 heterocycles. The van der Waals surface area contributed by atoms with Gasteiger partial charge >= 0.3 is 0 Å². The summed E-state index contributed by atoms with van der Waals surface area (Å²) in [6, 6.07) is 7.73. The van der Waals surface area contributed by atoms with Crippen molar-refractivity contribution in [3.8, 4) is 28.4 Å². The van der Waals surface area contributed by atoms with Crippen molar-refractivity contribution in [1.29, 1.82) is 0 Å². The van der Waals surface area contributed by atoms with E-state index in [1.165, 1.54) is 0 Å². The van der Waals surface area contributed by atoms with Gasteiger partial charge in [0.25, 0.3) is 0 Å². The Kier molecular flexibility index (Phi) is 7.92. The zero-order chi connectivity index (χ0) is 24.1.